The second kappa shape index (κ2) is 7.27. The molecule has 0 saturated heterocycles. The van der Waals surface area contributed by atoms with Crippen LogP contribution in [-0.2, 0) is 12.8 Å². The molecule has 0 heterocycles. The van der Waals surface area contributed by atoms with Crippen LogP contribution in [0.1, 0.15) is 25.0 Å². The van der Waals surface area contributed by atoms with E-state index in [0.29, 0.717) is 0 Å². The minimum Gasteiger partial charge on any atom is -0.308 e. The number of anilines is 2. The highest BCUT2D eigenvalue weighted by Crippen LogP contribution is 2.23. The Morgan fingerprint density at radius 2 is 1.62 bits per heavy atom. The summed E-state index contributed by atoms with van der Waals surface area (Å²) in [6.45, 7) is 4.18. The standard InChI is InChI=1S/C17H19BrN2O/c1-3-12-7-5-8-13(4-2)16(12)20-17(21)19-15-10-6-9-14(18)11-15/h5-11H,3-4H2,1-2H3,(H2,19,20,21). The highest BCUT2D eigenvalue weighted by atomic mass is 79.9. The van der Waals surface area contributed by atoms with Crippen molar-refractivity contribution >= 4 is 33.3 Å². The number of para-hydroxylation sites is 1. The van der Waals surface area contributed by atoms with E-state index in [9.17, 15) is 4.79 Å². The van der Waals surface area contributed by atoms with Crippen LogP contribution in [0.3, 0.4) is 0 Å². The van der Waals surface area contributed by atoms with Crippen molar-refractivity contribution in [3.8, 4) is 0 Å². The molecule has 110 valence electrons. The lowest BCUT2D eigenvalue weighted by Gasteiger charge is -2.15. The Hall–Kier alpha value is -1.81. The van der Waals surface area contributed by atoms with Crippen molar-refractivity contribution in [3.05, 3.63) is 58.1 Å². The Morgan fingerprint density at radius 1 is 1.00 bits per heavy atom. The van der Waals surface area contributed by atoms with E-state index in [4.69, 9.17) is 0 Å². The zero-order chi connectivity index (χ0) is 15.2. The summed E-state index contributed by atoms with van der Waals surface area (Å²) >= 11 is 3.39. The monoisotopic (exact) mass is 346 g/mol. The number of halogens is 1. The van der Waals surface area contributed by atoms with Crippen molar-refractivity contribution in [1.29, 1.82) is 0 Å². The van der Waals surface area contributed by atoms with Crippen molar-refractivity contribution in [2.75, 3.05) is 10.6 Å². The molecular formula is C17H19BrN2O. The van der Waals surface area contributed by atoms with Crippen LogP contribution in [0.25, 0.3) is 0 Å². The molecule has 0 saturated carbocycles. The molecule has 0 spiro atoms. The average Bonchev–Trinajstić information content (AvgIpc) is 2.47. The van der Waals surface area contributed by atoms with Crippen molar-refractivity contribution in [1.82, 2.24) is 0 Å². The van der Waals surface area contributed by atoms with Gasteiger partial charge in [0, 0.05) is 15.8 Å². The van der Waals surface area contributed by atoms with E-state index in [1.54, 1.807) is 0 Å². The lowest BCUT2D eigenvalue weighted by Crippen LogP contribution is -2.21. The summed E-state index contributed by atoms with van der Waals surface area (Å²) in [6.07, 6.45) is 1.78. The third-order valence-electron chi connectivity index (χ3n) is 3.32. The van der Waals surface area contributed by atoms with E-state index in [1.807, 2.05) is 42.5 Å². The maximum atomic E-state index is 12.2. The van der Waals surface area contributed by atoms with Gasteiger partial charge in [-0.25, -0.2) is 4.79 Å². The molecule has 0 bridgehead atoms. The molecule has 0 atom stereocenters. The first-order valence-corrected chi connectivity index (χ1v) is 7.87. The number of nitrogens with one attached hydrogen (secondary N) is 2. The summed E-state index contributed by atoms with van der Waals surface area (Å²) in [5.74, 6) is 0. The number of amides is 2. The van der Waals surface area contributed by atoms with Crippen molar-refractivity contribution in [2.24, 2.45) is 0 Å². The number of rotatable bonds is 4. The fourth-order valence-electron chi connectivity index (χ4n) is 2.25. The van der Waals surface area contributed by atoms with Crippen LogP contribution in [-0.4, -0.2) is 6.03 Å². The van der Waals surface area contributed by atoms with E-state index in [0.717, 1.165) is 39.8 Å². The van der Waals surface area contributed by atoms with Crippen LogP contribution >= 0.6 is 15.9 Å². The van der Waals surface area contributed by atoms with Gasteiger partial charge in [0.15, 0.2) is 0 Å². The van der Waals surface area contributed by atoms with Gasteiger partial charge in [-0.3, -0.25) is 0 Å². The van der Waals surface area contributed by atoms with Gasteiger partial charge in [0.25, 0.3) is 0 Å². The molecule has 0 radical (unpaired) electrons. The first-order valence-electron chi connectivity index (χ1n) is 7.08. The largest absolute Gasteiger partial charge is 0.323 e. The molecule has 2 N–H and O–H groups in total. The van der Waals surface area contributed by atoms with Gasteiger partial charge in [0.2, 0.25) is 0 Å². The summed E-state index contributed by atoms with van der Waals surface area (Å²) < 4.78 is 0.934. The van der Waals surface area contributed by atoms with Crippen LogP contribution in [0.5, 0.6) is 0 Å². The van der Waals surface area contributed by atoms with Gasteiger partial charge in [-0.15, -0.1) is 0 Å². The molecule has 2 aromatic rings. The third kappa shape index (κ3) is 4.08. The molecule has 3 nitrogen and oxygen atoms in total. The number of benzene rings is 2. The molecule has 0 aliphatic heterocycles. The summed E-state index contributed by atoms with van der Waals surface area (Å²) in [6, 6.07) is 13.4. The number of carbonyl (C=O) groups is 1. The van der Waals surface area contributed by atoms with Crippen LogP contribution in [0, 0.1) is 0 Å². The summed E-state index contributed by atoms with van der Waals surface area (Å²) in [7, 11) is 0. The molecule has 2 aromatic carbocycles. The SMILES string of the molecule is CCc1cccc(CC)c1NC(=O)Nc1cccc(Br)c1. The number of carbonyl (C=O) groups excluding carboxylic acids is 1. The molecule has 2 amide bonds. The number of urea groups is 1. The minimum absolute atomic E-state index is 0.219. The fraction of sp³-hybridized carbons (Fsp3) is 0.235. The van der Waals surface area contributed by atoms with Crippen LogP contribution in [0.4, 0.5) is 16.2 Å². The van der Waals surface area contributed by atoms with E-state index >= 15 is 0 Å². The van der Waals surface area contributed by atoms with E-state index < -0.39 is 0 Å². The number of hydrogen-bond donors (Lipinski definition) is 2. The molecule has 0 fully saturated rings. The van der Waals surface area contributed by atoms with Crippen molar-refractivity contribution in [3.63, 3.8) is 0 Å². The molecule has 0 unspecified atom stereocenters. The molecule has 0 aliphatic carbocycles. The molecule has 0 aliphatic rings. The Labute approximate surface area is 133 Å². The minimum atomic E-state index is -0.219. The second-order valence-corrected chi connectivity index (χ2v) is 5.66. The number of hydrogen-bond acceptors (Lipinski definition) is 1. The van der Waals surface area contributed by atoms with E-state index in [-0.39, 0.29) is 6.03 Å². The second-order valence-electron chi connectivity index (χ2n) is 4.75. The number of aryl methyl sites for hydroxylation is 2. The predicted molar refractivity (Wildman–Crippen MR) is 92.0 cm³/mol. The first-order chi connectivity index (χ1) is 10.1. The summed E-state index contributed by atoms with van der Waals surface area (Å²) in [5.41, 5.74) is 3.99. The van der Waals surface area contributed by atoms with Gasteiger partial charge < -0.3 is 10.6 Å². The molecular weight excluding hydrogens is 328 g/mol. The molecule has 2 rings (SSSR count). The highest BCUT2D eigenvalue weighted by molar-refractivity contribution is 9.10. The first kappa shape index (κ1) is 15.6. The normalized spacial score (nSPS) is 10.2. The van der Waals surface area contributed by atoms with Gasteiger partial charge in [-0.2, -0.15) is 0 Å². The molecule has 21 heavy (non-hydrogen) atoms. The topological polar surface area (TPSA) is 41.1 Å². The Balaban J connectivity index is 2.16. The van der Waals surface area contributed by atoms with Gasteiger partial charge >= 0.3 is 6.03 Å². The third-order valence-corrected chi connectivity index (χ3v) is 3.81. The van der Waals surface area contributed by atoms with Crippen LogP contribution < -0.4 is 10.6 Å². The maximum Gasteiger partial charge on any atom is 0.323 e. The van der Waals surface area contributed by atoms with Gasteiger partial charge in [-0.05, 0) is 42.2 Å². The zero-order valence-electron chi connectivity index (χ0n) is 12.2. The van der Waals surface area contributed by atoms with Gasteiger partial charge in [-0.1, -0.05) is 54.0 Å². The van der Waals surface area contributed by atoms with Crippen molar-refractivity contribution in [2.45, 2.75) is 26.7 Å². The Bertz CT molecular complexity index is 618. The van der Waals surface area contributed by atoms with Crippen LogP contribution in [0.15, 0.2) is 46.9 Å². The molecule has 4 heteroatoms. The van der Waals surface area contributed by atoms with Gasteiger partial charge in [0.1, 0.15) is 0 Å². The Morgan fingerprint density at radius 3 is 2.19 bits per heavy atom. The summed E-state index contributed by atoms with van der Waals surface area (Å²) in [4.78, 5) is 12.2. The van der Waals surface area contributed by atoms with E-state index in [2.05, 4.69) is 40.4 Å². The van der Waals surface area contributed by atoms with Crippen LogP contribution in [0.2, 0.25) is 0 Å². The van der Waals surface area contributed by atoms with Crippen molar-refractivity contribution < 1.29 is 4.79 Å². The quantitative estimate of drug-likeness (QED) is 0.782. The maximum absolute atomic E-state index is 12.2. The fourth-order valence-corrected chi connectivity index (χ4v) is 2.64. The average molecular weight is 347 g/mol. The zero-order valence-corrected chi connectivity index (χ0v) is 13.8. The molecule has 0 aromatic heterocycles. The van der Waals surface area contributed by atoms with Gasteiger partial charge in [0.05, 0.1) is 0 Å². The summed E-state index contributed by atoms with van der Waals surface area (Å²) in [5, 5.41) is 5.84. The van der Waals surface area contributed by atoms with E-state index in [1.165, 1.54) is 0 Å². The Kier molecular flexibility index (Phi) is 5.39. The predicted octanol–water partition coefficient (Wildman–Crippen LogP) is 5.22. The lowest BCUT2D eigenvalue weighted by molar-refractivity contribution is 0.262. The lowest BCUT2D eigenvalue weighted by atomic mass is 10.0. The highest BCUT2D eigenvalue weighted by Gasteiger charge is 2.10. The smallest absolute Gasteiger partial charge is 0.308 e.